The third-order valence-electron chi connectivity index (χ3n) is 3.95. The largest absolute Gasteiger partial charge is 0.479 e. The first kappa shape index (κ1) is 16.5. The number of aryl methyl sites for hydroxylation is 2. The number of hydrogen-bond donors (Lipinski definition) is 1. The fraction of sp³-hybridized carbons (Fsp3) is 0.667. The highest BCUT2D eigenvalue weighted by Crippen LogP contribution is 2.27. The molecule has 7 nitrogen and oxygen atoms in total. The zero-order chi connectivity index (χ0) is 16.4. The molecule has 2 rings (SSSR count). The molecule has 0 aromatic carbocycles. The molecule has 1 aromatic rings. The molecule has 2 heterocycles. The number of hydrogen-bond acceptors (Lipinski definition) is 5. The van der Waals surface area contributed by atoms with Crippen molar-refractivity contribution in [1.82, 2.24) is 10.1 Å². The van der Waals surface area contributed by atoms with E-state index in [4.69, 9.17) is 14.4 Å². The number of aliphatic carboxylic acids is 1. The van der Waals surface area contributed by atoms with E-state index in [2.05, 4.69) is 5.16 Å². The van der Waals surface area contributed by atoms with Crippen LogP contribution < -0.4 is 0 Å². The van der Waals surface area contributed by atoms with Crippen LogP contribution in [0.1, 0.15) is 43.2 Å². The van der Waals surface area contributed by atoms with Gasteiger partial charge < -0.3 is 19.3 Å². The second-order valence-electron chi connectivity index (χ2n) is 5.92. The van der Waals surface area contributed by atoms with E-state index in [1.807, 2.05) is 20.8 Å². The predicted molar refractivity (Wildman–Crippen MR) is 77.6 cm³/mol. The molecule has 1 fully saturated rings. The summed E-state index contributed by atoms with van der Waals surface area (Å²) in [6.07, 6.45) is -0.947. The maximum atomic E-state index is 12.5. The first-order valence-corrected chi connectivity index (χ1v) is 7.38. The molecule has 7 heteroatoms. The summed E-state index contributed by atoms with van der Waals surface area (Å²) in [7, 11) is 0. The van der Waals surface area contributed by atoms with Gasteiger partial charge in [0.25, 0.3) is 0 Å². The maximum absolute atomic E-state index is 12.5. The van der Waals surface area contributed by atoms with E-state index in [1.54, 1.807) is 11.8 Å². The molecule has 1 aliphatic rings. The molecule has 0 spiro atoms. The van der Waals surface area contributed by atoms with Crippen molar-refractivity contribution in [3.8, 4) is 0 Å². The van der Waals surface area contributed by atoms with Crippen LogP contribution in [-0.4, -0.2) is 52.3 Å². The summed E-state index contributed by atoms with van der Waals surface area (Å²) in [4.78, 5) is 25.1. The van der Waals surface area contributed by atoms with Crippen LogP contribution in [0.2, 0.25) is 0 Å². The van der Waals surface area contributed by atoms with E-state index in [9.17, 15) is 9.59 Å². The second-order valence-corrected chi connectivity index (χ2v) is 5.92. The second kappa shape index (κ2) is 6.48. The van der Waals surface area contributed by atoms with E-state index in [0.29, 0.717) is 13.0 Å². The molecule has 0 bridgehead atoms. The van der Waals surface area contributed by atoms with Crippen molar-refractivity contribution in [2.45, 2.75) is 52.2 Å². The van der Waals surface area contributed by atoms with Gasteiger partial charge in [0.15, 0.2) is 6.10 Å². The van der Waals surface area contributed by atoms with Crippen molar-refractivity contribution in [1.29, 1.82) is 0 Å². The van der Waals surface area contributed by atoms with Gasteiger partial charge >= 0.3 is 5.97 Å². The number of nitrogens with zero attached hydrogens (tertiary/aromatic N) is 2. The Balaban J connectivity index is 2.04. The van der Waals surface area contributed by atoms with Gasteiger partial charge in [-0.25, -0.2) is 4.79 Å². The summed E-state index contributed by atoms with van der Waals surface area (Å²) in [6, 6.07) is 0. The van der Waals surface area contributed by atoms with Gasteiger partial charge in [-0.15, -0.1) is 0 Å². The Labute approximate surface area is 129 Å². The average molecular weight is 310 g/mol. The van der Waals surface area contributed by atoms with Crippen LogP contribution >= 0.6 is 0 Å². The molecule has 1 N–H and O–H groups in total. The van der Waals surface area contributed by atoms with Gasteiger partial charge in [0, 0.05) is 18.5 Å². The third-order valence-corrected chi connectivity index (χ3v) is 3.95. The van der Waals surface area contributed by atoms with Crippen LogP contribution in [0.25, 0.3) is 0 Å². The standard InChI is InChI=1S/C15H22N2O5/c1-8(14-10(3)16-22-11(14)4)5-13(18)17-6-9(2)21-12(7-17)15(19)20/h8-9,12H,5-7H2,1-4H3,(H,19,20)/t8?,9-,12?/m1/s1. The van der Waals surface area contributed by atoms with E-state index in [1.165, 1.54) is 0 Å². The summed E-state index contributed by atoms with van der Waals surface area (Å²) < 4.78 is 10.5. The van der Waals surface area contributed by atoms with Gasteiger partial charge in [0.1, 0.15) is 5.76 Å². The molecule has 1 saturated heterocycles. The van der Waals surface area contributed by atoms with Gasteiger partial charge in [-0.1, -0.05) is 12.1 Å². The monoisotopic (exact) mass is 310 g/mol. The minimum Gasteiger partial charge on any atom is -0.479 e. The number of carbonyl (C=O) groups excluding carboxylic acids is 1. The van der Waals surface area contributed by atoms with Crippen molar-refractivity contribution in [3.05, 3.63) is 17.0 Å². The van der Waals surface area contributed by atoms with Crippen LogP contribution in [0.15, 0.2) is 4.52 Å². The molecular formula is C15H22N2O5. The fourth-order valence-electron chi connectivity index (χ4n) is 2.98. The summed E-state index contributed by atoms with van der Waals surface area (Å²) in [6.45, 7) is 7.90. The van der Waals surface area contributed by atoms with Gasteiger partial charge in [-0.3, -0.25) is 4.79 Å². The molecule has 22 heavy (non-hydrogen) atoms. The smallest absolute Gasteiger partial charge is 0.334 e. The Kier molecular flexibility index (Phi) is 4.85. The van der Waals surface area contributed by atoms with Crippen molar-refractivity contribution < 1.29 is 24.0 Å². The molecule has 1 aromatic heterocycles. The molecule has 1 amide bonds. The fourth-order valence-corrected chi connectivity index (χ4v) is 2.98. The normalized spacial score (nSPS) is 23.4. The summed E-state index contributed by atoms with van der Waals surface area (Å²) >= 11 is 0. The molecule has 0 aliphatic carbocycles. The number of carbonyl (C=O) groups is 2. The number of amides is 1. The summed E-state index contributed by atoms with van der Waals surface area (Å²) in [5.41, 5.74) is 1.74. The van der Waals surface area contributed by atoms with Crippen LogP contribution in [0.3, 0.4) is 0 Å². The van der Waals surface area contributed by atoms with Crippen LogP contribution in [0.5, 0.6) is 0 Å². The minimum absolute atomic E-state index is 0.0276. The molecule has 0 saturated carbocycles. The highest BCUT2D eigenvalue weighted by Gasteiger charge is 2.33. The first-order chi connectivity index (χ1) is 10.3. The van der Waals surface area contributed by atoms with Crippen molar-refractivity contribution >= 4 is 11.9 Å². The number of morpholine rings is 1. The van der Waals surface area contributed by atoms with Crippen molar-refractivity contribution in [2.24, 2.45) is 0 Å². The Morgan fingerprint density at radius 1 is 1.41 bits per heavy atom. The van der Waals surface area contributed by atoms with Gasteiger partial charge in [-0.05, 0) is 26.7 Å². The lowest BCUT2D eigenvalue weighted by Crippen LogP contribution is -2.51. The van der Waals surface area contributed by atoms with E-state index < -0.39 is 12.1 Å². The summed E-state index contributed by atoms with van der Waals surface area (Å²) in [5.74, 6) is -0.422. The average Bonchev–Trinajstić information content (AvgIpc) is 2.77. The Hall–Kier alpha value is -1.89. The predicted octanol–water partition coefficient (Wildman–Crippen LogP) is 1.49. The number of ether oxygens (including phenoxy) is 1. The molecule has 1 aliphatic heterocycles. The topological polar surface area (TPSA) is 92.9 Å². The number of carboxylic acid groups (broad SMARTS) is 1. The quantitative estimate of drug-likeness (QED) is 0.905. The van der Waals surface area contributed by atoms with Crippen molar-refractivity contribution in [3.63, 3.8) is 0 Å². The lowest BCUT2D eigenvalue weighted by atomic mass is 9.95. The SMILES string of the molecule is Cc1noc(C)c1C(C)CC(=O)N1CC(C(=O)O)O[C@H](C)C1. The minimum atomic E-state index is -1.04. The van der Waals surface area contributed by atoms with Crippen LogP contribution in [0, 0.1) is 13.8 Å². The molecule has 0 radical (unpaired) electrons. The van der Waals surface area contributed by atoms with Gasteiger partial charge in [0.05, 0.1) is 18.3 Å². The highest BCUT2D eigenvalue weighted by molar-refractivity contribution is 5.79. The van der Waals surface area contributed by atoms with E-state index >= 15 is 0 Å². The lowest BCUT2D eigenvalue weighted by Gasteiger charge is -2.35. The van der Waals surface area contributed by atoms with E-state index in [-0.39, 0.29) is 24.5 Å². The number of rotatable bonds is 4. The zero-order valence-corrected chi connectivity index (χ0v) is 13.3. The number of aromatic nitrogens is 1. The van der Waals surface area contributed by atoms with Gasteiger partial charge in [0.2, 0.25) is 5.91 Å². The Morgan fingerprint density at radius 2 is 2.09 bits per heavy atom. The third kappa shape index (κ3) is 3.47. The lowest BCUT2D eigenvalue weighted by molar-refractivity contribution is -0.166. The number of carboxylic acids is 1. The van der Waals surface area contributed by atoms with Crippen LogP contribution in [0.4, 0.5) is 0 Å². The first-order valence-electron chi connectivity index (χ1n) is 7.38. The highest BCUT2D eigenvalue weighted by atomic mass is 16.5. The Bertz CT molecular complexity index is 549. The van der Waals surface area contributed by atoms with Gasteiger partial charge in [-0.2, -0.15) is 0 Å². The molecule has 2 unspecified atom stereocenters. The Morgan fingerprint density at radius 3 is 2.64 bits per heavy atom. The van der Waals surface area contributed by atoms with E-state index in [0.717, 1.165) is 17.0 Å². The van der Waals surface area contributed by atoms with Crippen molar-refractivity contribution in [2.75, 3.05) is 13.1 Å². The maximum Gasteiger partial charge on any atom is 0.334 e. The molecule has 122 valence electrons. The molecule has 3 atom stereocenters. The zero-order valence-electron chi connectivity index (χ0n) is 13.3. The summed E-state index contributed by atoms with van der Waals surface area (Å²) in [5, 5.41) is 13.0. The van der Waals surface area contributed by atoms with Crippen LogP contribution in [-0.2, 0) is 14.3 Å². The molecular weight excluding hydrogens is 288 g/mol.